The molecule has 0 spiro atoms. The molecular formula is C11H6BrClN4O3. The Morgan fingerprint density at radius 2 is 2.15 bits per heavy atom. The van der Waals surface area contributed by atoms with Gasteiger partial charge in [0.15, 0.2) is 0 Å². The van der Waals surface area contributed by atoms with Crippen LogP contribution in [0.1, 0.15) is 10.4 Å². The Labute approximate surface area is 126 Å². The number of aromatic nitrogens is 2. The zero-order valence-corrected chi connectivity index (χ0v) is 12.1. The van der Waals surface area contributed by atoms with Crippen LogP contribution in [0, 0.1) is 10.1 Å². The fourth-order valence-corrected chi connectivity index (χ4v) is 2.03. The van der Waals surface area contributed by atoms with Gasteiger partial charge in [-0.25, -0.2) is 4.98 Å². The number of hydrogen-bond donors (Lipinski definition) is 1. The van der Waals surface area contributed by atoms with Crippen molar-refractivity contribution in [3.8, 4) is 0 Å². The van der Waals surface area contributed by atoms with Gasteiger partial charge in [-0.15, -0.1) is 0 Å². The highest BCUT2D eigenvalue weighted by Crippen LogP contribution is 2.27. The van der Waals surface area contributed by atoms with Crippen molar-refractivity contribution in [1.29, 1.82) is 0 Å². The van der Waals surface area contributed by atoms with E-state index in [1.807, 2.05) is 0 Å². The lowest BCUT2D eigenvalue weighted by Gasteiger charge is -2.07. The molecule has 9 heteroatoms. The quantitative estimate of drug-likeness (QED) is 0.517. The number of halogens is 2. The SMILES string of the molecule is O=C(Nc1ccncc1Br)c1ccnc(Cl)c1[N+](=O)[O-]. The van der Waals surface area contributed by atoms with Crippen molar-refractivity contribution in [3.63, 3.8) is 0 Å². The molecule has 102 valence electrons. The van der Waals surface area contributed by atoms with Gasteiger partial charge in [-0.05, 0) is 28.1 Å². The number of hydrogen-bond acceptors (Lipinski definition) is 5. The van der Waals surface area contributed by atoms with E-state index in [0.717, 1.165) is 0 Å². The van der Waals surface area contributed by atoms with Crippen molar-refractivity contribution in [1.82, 2.24) is 9.97 Å². The van der Waals surface area contributed by atoms with Gasteiger partial charge in [-0.1, -0.05) is 11.6 Å². The van der Waals surface area contributed by atoms with E-state index in [-0.39, 0.29) is 10.7 Å². The first-order valence-electron chi connectivity index (χ1n) is 5.20. The first-order valence-corrected chi connectivity index (χ1v) is 6.37. The molecule has 0 aliphatic rings. The number of rotatable bonds is 3. The molecular weight excluding hydrogens is 352 g/mol. The van der Waals surface area contributed by atoms with E-state index in [9.17, 15) is 14.9 Å². The number of nitro groups is 1. The Hall–Kier alpha value is -2.06. The second-order valence-electron chi connectivity index (χ2n) is 3.56. The van der Waals surface area contributed by atoms with Crippen LogP contribution in [-0.4, -0.2) is 20.8 Å². The van der Waals surface area contributed by atoms with Crippen molar-refractivity contribution in [2.45, 2.75) is 0 Å². The van der Waals surface area contributed by atoms with E-state index in [1.165, 1.54) is 24.7 Å². The van der Waals surface area contributed by atoms with Crippen molar-refractivity contribution >= 4 is 44.8 Å². The minimum atomic E-state index is -0.744. The molecule has 7 nitrogen and oxygen atoms in total. The van der Waals surface area contributed by atoms with E-state index >= 15 is 0 Å². The van der Waals surface area contributed by atoms with E-state index < -0.39 is 16.5 Å². The average Bonchev–Trinajstić information content (AvgIpc) is 2.40. The summed E-state index contributed by atoms with van der Waals surface area (Å²) >= 11 is 8.86. The number of anilines is 1. The van der Waals surface area contributed by atoms with Gasteiger partial charge in [-0.2, -0.15) is 0 Å². The van der Waals surface area contributed by atoms with Crippen LogP contribution in [0.15, 0.2) is 35.2 Å². The lowest BCUT2D eigenvalue weighted by atomic mass is 10.2. The molecule has 2 rings (SSSR count). The first kappa shape index (κ1) is 14.4. The maximum absolute atomic E-state index is 12.1. The maximum Gasteiger partial charge on any atom is 0.319 e. The highest BCUT2D eigenvalue weighted by atomic mass is 79.9. The molecule has 0 fully saturated rings. The van der Waals surface area contributed by atoms with E-state index in [2.05, 4.69) is 31.2 Å². The molecule has 1 amide bonds. The van der Waals surface area contributed by atoms with Crippen molar-refractivity contribution in [2.75, 3.05) is 5.32 Å². The summed E-state index contributed by atoms with van der Waals surface area (Å²) < 4.78 is 0.552. The summed E-state index contributed by atoms with van der Waals surface area (Å²) in [5.41, 5.74) is -0.261. The van der Waals surface area contributed by atoms with Crippen molar-refractivity contribution < 1.29 is 9.72 Å². The monoisotopic (exact) mass is 356 g/mol. The minimum absolute atomic E-state index is 0.168. The predicted molar refractivity (Wildman–Crippen MR) is 75.8 cm³/mol. The number of amides is 1. The van der Waals surface area contributed by atoms with Gasteiger partial charge >= 0.3 is 5.69 Å². The summed E-state index contributed by atoms with van der Waals surface area (Å²) in [5.74, 6) is -0.659. The molecule has 0 unspecified atom stereocenters. The predicted octanol–water partition coefficient (Wildman–Crippen LogP) is 3.05. The van der Waals surface area contributed by atoms with Crippen LogP contribution >= 0.6 is 27.5 Å². The zero-order chi connectivity index (χ0) is 14.7. The molecule has 0 aliphatic carbocycles. The number of nitrogens with zero attached hydrogens (tertiary/aromatic N) is 3. The molecule has 0 bridgehead atoms. The van der Waals surface area contributed by atoms with Gasteiger partial charge in [0.25, 0.3) is 5.91 Å². The Balaban J connectivity index is 2.38. The van der Waals surface area contributed by atoms with Crippen LogP contribution in [0.2, 0.25) is 5.15 Å². The summed E-state index contributed by atoms with van der Waals surface area (Å²) in [6.07, 6.45) is 4.20. The normalized spacial score (nSPS) is 10.1. The molecule has 2 heterocycles. The highest BCUT2D eigenvalue weighted by molar-refractivity contribution is 9.10. The van der Waals surface area contributed by atoms with Crippen molar-refractivity contribution in [3.05, 3.63) is 56.0 Å². The van der Waals surface area contributed by atoms with E-state index in [0.29, 0.717) is 10.2 Å². The summed E-state index contributed by atoms with van der Waals surface area (Å²) in [6.45, 7) is 0. The van der Waals surface area contributed by atoms with Gasteiger partial charge in [0, 0.05) is 18.6 Å². The lowest BCUT2D eigenvalue weighted by Crippen LogP contribution is -2.15. The second-order valence-corrected chi connectivity index (χ2v) is 4.78. The standard InChI is InChI=1S/C11H6BrClN4O3/c12-7-5-14-3-2-8(7)16-11(18)6-1-4-15-10(13)9(6)17(19)20/h1-5H,(H,14,16,18). The molecule has 0 saturated carbocycles. The molecule has 0 aromatic carbocycles. The van der Waals surface area contributed by atoms with Crippen LogP contribution in [0.3, 0.4) is 0 Å². The third-order valence-electron chi connectivity index (χ3n) is 2.33. The topological polar surface area (TPSA) is 98.0 Å². The van der Waals surface area contributed by atoms with Crippen LogP contribution in [0.4, 0.5) is 11.4 Å². The minimum Gasteiger partial charge on any atom is -0.321 e. The fourth-order valence-electron chi connectivity index (χ4n) is 1.45. The lowest BCUT2D eigenvalue weighted by molar-refractivity contribution is -0.385. The molecule has 0 atom stereocenters. The largest absolute Gasteiger partial charge is 0.321 e. The van der Waals surface area contributed by atoms with E-state index in [1.54, 1.807) is 6.07 Å². The molecule has 2 aromatic heterocycles. The van der Waals surface area contributed by atoms with Gasteiger partial charge in [0.2, 0.25) is 5.15 Å². The van der Waals surface area contributed by atoms with Gasteiger partial charge in [0.05, 0.1) is 15.1 Å². The summed E-state index contributed by atoms with van der Waals surface area (Å²) in [4.78, 5) is 29.7. The first-order chi connectivity index (χ1) is 9.50. The summed E-state index contributed by atoms with van der Waals surface area (Å²) in [7, 11) is 0. The zero-order valence-electron chi connectivity index (χ0n) is 9.71. The Morgan fingerprint density at radius 3 is 2.80 bits per heavy atom. The van der Waals surface area contributed by atoms with Crippen molar-refractivity contribution in [2.24, 2.45) is 0 Å². The molecule has 0 saturated heterocycles. The Bertz CT molecular complexity index is 695. The second kappa shape index (κ2) is 5.93. The third-order valence-corrected chi connectivity index (χ3v) is 3.24. The van der Waals surface area contributed by atoms with Gasteiger partial charge < -0.3 is 5.32 Å². The maximum atomic E-state index is 12.1. The summed E-state index contributed by atoms with van der Waals surface area (Å²) in [5, 5.41) is 13.1. The Kier molecular flexibility index (Phi) is 4.26. The number of pyridine rings is 2. The van der Waals surface area contributed by atoms with Gasteiger partial charge in [-0.3, -0.25) is 19.9 Å². The smallest absolute Gasteiger partial charge is 0.319 e. The molecule has 0 radical (unpaired) electrons. The van der Waals surface area contributed by atoms with E-state index in [4.69, 9.17) is 11.6 Å². The molecule has 2 aromatic rings. The third kappa shape index (κ3) is 2.91. The summed E-state index contributed by atoms with van der Waals surface area (Å²) in [6, 6.07) is 2.78. The van der Waals surface area contributed by atoms with Crippen LogP contribution in [0.25, 0.3) is 0 Å². The van der Waals surface area contributed by atoms with Gasteiger partial charge in [0.1, 0.15) is 5.56 Å². The van der Waals surface area contributed by atoms with Crippen LogP contribution < -0.4 is 5.32 Å². The van der Waals surface area contributed by atoms with Crippen LogP contribution in [-0.2, 0) is 0 Å². The number of carbonyl (C=O) groups is 1. The number of nitrogens with one attached hydrogen (secondary N) is 1. The average molecular weight is 358 g/mol. The fraction of sp³-hybridized carbons (Fsp3) is 0. The molecule has 0 aliphatic heterocycles. The number of carbonyl (C=O) groups excluding carboxylic acids is 1. The molecule has 1 N–H and O–H groups in total. The van der Waals surface area contributed by atoms with Crippen LogP contribution in [0.5, 0.6) is 0 Å². The Morgan fingerprint density at radius 1 is 1.40 bits per heavy atom. The molecule has 20 heavy (non-hydrogen) atoms. The highest BCUT2D eigenvalue weighted by Gasteiger charge is 2.25.